The highest BCUT2D eigenvalue weighted by atomic mass is 16.5. The molecule has 0 aromatic heterocycles. The lowest BCUT2D eigenvalue weighted by molar-refractivity contribution is 0.103. The van der Waals surface area contributed by atoms with Crippen LogP contribution in [0.4, 0.5) is 0 Å². The van der Waals surface area contributed by atoms with E-state index in [-0.39, 0.29) is 5.78 Å². The van der Waals surface area contributed by atoms with Crippen LogP contribution >= 0.6 is 0 Å². The molecule has 3 aromatic carbocycles. The molecule has 0 saturated heterocycles. The van der Waals surface area contributed by atoms with Gasteiger partial charge in [0, 0.05) is 16.7 Å². The molecule has 0 aliphatic rings. The van der Waals surface area contributed by atoms with E-state index in [2.05, 4.69) is 11.8 Å². The van der Waals surface area contributed by atoms with Crippen LogP contribution in [-0.2, 0) is 0 Å². The molecule has 0 bridgehead atoms. The Labute approximate surface area is 141 Å². The molecular weight excluding hydrogens is 296 g/mol. The van der Waals surface area contributed by atoms with E-state index in [1.165, 1.54) is 0 Å². The molecule has 24 heavy (non-hydrogen) atoms. The lowest BCUT2D eigenvalue weighted by Crippen LogP contribution is -2.00. The van der Waals surface area contributed by atoms with E-state index in [1.807, 2.05) is 72.8 Å². The van der Waals surface area contributed by atoms with Crippen LogP contribution in [0.15, 0.2) is 84.9 Å². The summed E-state index contributed by atoms with van der Waals surface area (Å²) < 4.78 is 5.52. The first-order chi connectivity index (χ1) is 11.8. The first-order valence-electron chi connectivity index (χ1n) is 7.69. The third-order valence-corrected chi connectivity index (χ3v) is 3.47. The number of hydrogen-bond donors (Lipinski definition) is 0. The molecule has 0 fully saturated rings. The van der Waals surface area contributed by atoms with Crippen molar-refractivity contribution >= 4 is 5.78 Å². The van der Waals surface area contributed by atoms with Gasteiger partial charge in [0.05, 0.1) is 0 Å². The van der Waals surface area contributed by atoms with Crippen molar-refractivity contribution in [3.8, 4) is 17.6 Å². The third-order valence-electron chi connectivity index (χ3n) is 3.47. The zero-order chi connectivity index (χ0) is 16.6. The van der Waals surface area contributed by atoms with Crippen LogP contribution in [0.3, 0.4) is 0 Å². The van der Waals surface area contributed by atoms with Crippen LogP contribution in [0.2, 0.25) is 0 Å². The van der Waals surface area contributed by atoms with E-state index < -0.39 is 0 Å². The zero-order valence-electron chi connectivity index (χ0n) is 13.1. The van der Waals surface area contributed by atoms with Gasteiger partial charge in [-0.3, -0.25) is 4.79 Å². The zero-order valence-corrected chi connectivity index (χ0v) is 13.1. The van der Waals surface area contributed by atoms with Gasteiger partial charge in [0.15, 0.2) is 5.78 Å². The summed E-state index contributed by atoms with van der Waals surface area (Å²) in [5.74, 6) is 6.83. The van der Waals surface area contributed by atoms with E-state index in [0.29, 0.717) is 17.7 Å². The molecule has 0 saturated carbocycles. The van der Waals surface area contributed by atoms with Crippen molar-refractivity contribution in [1.29, 1.82) is 0 Å². The van der Waals surface area contributed by atoms with E-state index in [0.717, 1.165) is 11.3 Å². The highest BCUT2D eigenvalue weighted by Crippen LogP contribution is 2.11. The van der Waals surface area contributed by atoms with Crippen molar-refractivity contribution in [2.75, 3.05) is 6.61 Å². The predicted octanol–water partition coefficient (Wildman–Crippen LogP) is 4.35. The molecule has 0 amide bonds. The molecule has 0 heterocycles. The maximum atomic E-state index is 12.3. The molecule has 0 atom stereocenters. The standard InChI is InChI=1S/C22H16O2/c23-22(19-9-3-1-4-10-19)20-15-13-18(14-16-20)8-7-17-24-21-11-5-2-6-12-21/h1-6,9-16H,17H2. The fraction of sp³-hybridized carbons (Fsp3) is 0.0455. The van der Waals surface area contributed by atoms with Crippen LogP contribution in [-0.4, -0.2) is 12.4 Å². The third kappa shape index (κ3) is 4.12. The predicted molar refractivity (Wildman–Crippen MR) is 95.1 cm³/mol. The Morgan fingerprint density at radius 3 is 2.00 bits per heavy atom. The number of carbonyl (C=O) groups is 1. The minimum Gasteiger partial charge on any atom is -0.481 e. The second-order valence-electron chi connectivity index (χ2n) is 5.18. The van der Waals surface area contributed by atoms with Gasteiger partial charge in [0.2, 0.25) is 0 Å². The van der Waals surface area contributed by atoms with Crippen molar-refractivity contribution < 1.29 is 9.53 Å². The molecule has 2 heteroatoms. The van der Waals surface area contributed by atoms with Gasteiger partial charge in [-0.2, -0.15) is 0 Å². The van der Waals surface area contributed by atoms with E-state index >= 15 is 0 Å². The largest absolute Gasteiger partial charge is 0.481 e. The van der Waals surface area contributed by atoms with Crippen molar-refractivity contribution in [2.45, 2.75) is 0 Å². The topological polar surface area (TPSA) is 26.3 Å². The quantitative estimate of drug-likeness (QED) is 0.529. The lowest BCUT2D eigenvalue weighted by atomic mass is 10.0. The highest BCUT2D eigenvalue weighted by Gasteiger charge is 2.07. The highest BCUT2D eigenvalue weighted by molar-refractivity contribution is 6.08. The molecule has 3 rings (SSSR count). The number of benzene rings is 3. The van der Waals surface area contributed by atoms with E-state index in [9.17, 15) is 4.79 Å². The molecule has 0 radical (unpaired) electrons. The average Bonchev–Trinajstić information content (AvgIpc) is 2.67. The van der Waals surface area contributed by atoms with Gasteiger partial charge in [0.25, 0.3) is 0 Å². The van der Waals surface area contributed by atoms with Gasteiger partial charge in [-0.25, -0.2) is 0 Å². The Morgan fingerprint density at radius 1 is 0.750 bits per heavy atom. The summed E-state index contributed by atoms with van der Waals surface area (Å²) in [6.45, 7) is 0.328. The summed E-state index contributed by atoms with van der Waals surface area (Å²) in [5.41, 5.74) is 2.20. The fourth-order valence-electron chi connectivity index (χ4n) is 2.24. The van der Waals surface area contributed by atoms with Crippen LogP contribution in [0.25, 0.3) is 0 Å². The van der Waals surface area contributed by atoms with Crippen molar-refractivity contribution in [3.05, 3.63) is 102 Å². The first-order valence-corrected chi connectivity index (χ1v) is 7.69. The Balaban J connectivity index is 1.61. The monoisotopic (exact) mass is 312 g/mol. The van der Waals surface area contributed by atoms with Gasteiger partial charge >= 0.3 is 0 Å². The average molecular weight is 312 g/mol. The Morgan fingerprint density at radius 2 is 1.33 bits per heavy atom. The number of rotatable bonds is 4. The van der Waals surface area contributed by atoms with Crippen molar-refractivity contribution in [1.82, 2.24) is 0 Å². The second-order valence-corrected chi connectivity index (χ2v) is 5.18. The van der Waals surface area contributed by atoms with Gasteiger partial charge < -0.3 is 4.74 Å². The molecule has 0 spiro atoms. The maximum absolute atomic E-state index is 12.3. The molecule has 3 aromatic rings. The SMILES string of the molecule is O=C(c1ccccc1)c1ccc(C#CCOc2ccccc2)cc1. The summed E-state index contributed by atoms with van der Waals surface area (Å²) in [5, 5.41) is 0. The Bertz CT molecular complexity index is 855. The number of para-hydroxylation sites is 1. The van der Waals surface area contributed by atoms with E-state index in [1.54, 1.807) is 12.1 Å². The number of hydrogen-bond acceptors (Lipinski definition) is 2. The Hall–Kier alpha value is -3.31. The van der Waals surface area contributed by atoms with Gasteiger partial charge in [-0.15, -0.1) is 0 Å². The summed E-state index contributed by atoms with van der Waals surface area (Å²) in [6.07, 6.45) is 0. The number of ketones is 1. The lowest BCUT2D eigenvalue weighted by Gasteiger charge is -2.01. The smallest absolute Gasteiger partial charge is 0.193 e. The molecule has 0 aliphatic heterocycles. The van der Waals surface area contributed by atoms with Gasteiger partial charge in [0.1, 0.15) is 12.4 Å². The van der Waals surface area contributed by atoms with Gasteiger partial charge in [-0.05, 0) is 36.4 Å². The molecule has 0 N–H and O–H groups in total. The minimum atomic E-state index is 0.0162. The molecular formula is C22H16O2. The Kier molecular flexibility index (Phi) is 5.07. The summed E-state index contributed by atoms with van der Waals surface area (Å²) in [6, 6.07) is 26.1. The molecule has 116 valence electrons. The van der Waals surface area contributed by atoms with E-state index in [4.69, 9.17) is 4.74 Å². The summed E-state index contributed by atoms with van der Waals surface area (Å²) in [4.78, 5) is 12.3. The first kappa shape index (κ1) is 15.6. The maximum Gasteiger partial charge on any atom is 0.193 e. The van der Waals surface area contributed by atoms with Crippen LogP contribution in [0.1, 0.15) is 21.5 Å². The second kappa shape index (κ2) is 7.80. The minimum absolute atomic E-state index is 0.0162. The normalized spacial score (nSPS) is 9.67. The number of ether oxygens (including phenoxy) is 1. The van der Waals surface area contributed by atoms with Crippen LogP contribution < -0.4 is 4.74 Å². The van der Waals surface area contributed by atoms with Crippen molar-refractivity contribution in [3.63, 3.8) is 0 Å². The molecule has 0 unspecified atom stereocenters. The van der Waals surface area contributed by atoms with Crippen molar-refractivity contribution in [2.24, 2.45) is 0 Å². The summed E-state index contributed by atoms with van der Waals surface area (Å²) >= 11 is 0. The van der Waals surface area contributed by atoms with Gasteiger partial charge in [-0.1, -0.05) is 60.4 Å². The summed E-state index contributed by atoms with van der Waals surface area (Å²) in [7, 11) is 0. The van der Waals surface area contributed by atoms with Crippen LogP contribution in [0.5, 0.6) is 5.75 Å². The van der Waals surface area contributed by atoms with Crippen LogP contribution in [0, 0.1) is 11.8 Å². The molecule has 2 nitrogen and oxygen atoms in total. The molecule has 0 aliphatic carbocycles. The fourth-order valence-corrected chi connectivity index (χ4v) is 2.24. The number of carbonyl (C=O) groups excluding carboxylic acids is 1.